The molecule has 0 saturated carbocycles. The number of halogens is 1. The van der Waals surface area contributed by atoms with Gasteiger partial charge in [0.05, 0.1) is 11.0 Å². The van der Waals surface area contributed by atoms with Crippen LogP contribution in [0.1, 0.15) is 0 Å². The maximum absolute atomic E-state index is 4.85. The standard InChI is InChI=1S/C20H15BrN2/c1-2-13-23-18-10-6-5-9-17(18)22-20(23)16-12-11-14-7-3-4-8-15(14)19(16)21/h2-12H,1,13H2. The van der Waals surface area contributed by atoms with Crippen LogP contribution in [-0.4, -0.2) is 9.55 Å². The van der Waals surface area contributed by atoms with Crippen molar-refractivity contribution in [1.82, 2.24) is 9.55 Å². The first kappa shape index (κ1) is 14.2. The van der Waals surface area contributed by atoms with Crippen LogP contribution in [0, 0.1) is 0 Å². The summed E-state index contributed by atoms with van der Waals surface area (Å²) in [5.74, 6) is 0.962. The molecule has 0 bridgehead atoms. The van der Waals surface area contributed by atoms with Gasteiger partial charge >= 0.3 is 0 Å². The Morgan fingerprint density at radius 3 is 2.65 bits per heavy atom. The van der Waals surface area contributed by atoms with E-state index in [1.165, 1.54) is 10.8 Å². The molecule has 0 N–H and O–H groups in total. The molecule has 112 valence electrons. The molecule has 23 heavy (non-hydrogen) atoms. The summed E-state index contributed by atoms with van der Waals surface area (Å²) in [5, 5.41) is 2.41. The molecule has 0 aliphatic carbocycles. The minimum Gasteiger partial charge on any atom is -0.320 e. The maximum atomic E-state index is 4.85. The Hall–Kier alpha value is -2.39. The van der Waals surface area contributed by atoms with E-state index in [0.717, 1.165) is 33.4 Å². The predicted octanol–water partition coefficient (Wildman–Crippen LogP) is 5.81. The highest BCUT2D eigenvalue weighted by molar-refractivity contribution is 9.10. The van der Waals surface area contributed by atoms with Crippen LogP contribution in [0.2, 0.25) is 0 Å². The molecule has 1 aromatic heterocycles. The molecule has 0 radical (unpaired) electrons. The predicted molar refractivity (Wildman–Crippen MR) is 101 cm³/mol. The maximum Gasteiger partial charge on any atom is 0.142 e. The van der Waals surface area contributed by atoms with Crippen molar-refractivity contribution in [1.29, 1.82) is 0 Å². The van der Waals surface area contributed by atoms with Gasteiger partial charge in [-0.3, -0.25) is 0 Å². The molecule has 3 aromatic carbocycles. The minimum absolute atomic E-state index is 0.731. The monoisotopic (exact) mass is 362 g/mol. The van der Waals surface area contributed by atoms with Crippen LogP contribution in [0.5, 0.6) is 0 Å². The Balaban J connectivity index is 2.04. The highest BCUT2D eigenvalue weighted by atomic mass is 79.9. The number of aromatic nitrogens is 2. The van der Waals surface area contributed by atoms with Gasteiger partial charge < -0.3 is 4.57 Å². The lowest BCUT2D eigenvalue weighted by molar-refractivity contribution is 0.861. The molecule has 0 amide bonds. The number of benzene rings is 3. The summed E-state index contributed by atoms with van der Waals surface area (Å²) in [6.45, 7) is 4.62. The van der Waals surface area contributed by atoms with Gasteiger partial charge in [0.15, 0.2) is 0 Å². The minimum atomic E-state index is 0.731. The molecule has 0 atom stereocenters. The van der Waals surface area contributed by atoms with Crippen LogP contribution < -0.4 is 0 Å². The highest BCUT2D eigenvalue weighted by Gasteiger charge is 2.15. The molecule has 4 aromatic rings. The smallest absolute Gasteiger partial charge is 0.142 e. The van der Waals surface area contributed by atoms with E-state index in [1.54, 1.807) is 0 Å². The molecule has 0 unspecified atom stereocenters. The topological polar surface area (TPSA) is 17.8 Å². The quantitative estimate of drug-likeness (QED) is 0.420. The van der Waals surface area contributed by atoms with Crippen molar-refractivity contribution in [3.63, 3.8) is 0 Å². The SMILES string of the molecule is C=CCn1c(-c2ccc3ccccc3c2Br)nc2ccccc21. The second-order valence-electron chi connectivity index (χ2n) is 5.47. The molecule has 0 aliphatic rings. The molecular weight excluding hydrogens is 348 g/mol. The lowest BCUT2D eigenvalue weighted by Crippen LogP contribution is -1.99. The molecule has 0 saturated heterocycles. The van der Waals surface area contributed by atoms with Crippen LogP contribution >= 0.6 is 15.9 Å². The molecule has 0 fully saturated rings. The number of allylic oxidation sites excluding steroid dienone is 1. The summed E-state index contributed by atoms with van der Waals surface area (Å²) < 4.78 is 3.29. The zero-order chi connectivity index (χ0) is 15.8. The number of hydrogen-bond donors (Lipinski definition) is 0. The molecule has 1 heterocycles. The fourth-order valence-electron chi connectivity index (χ4n) is 3.00. The first-order chi connectivity index (χ1) is 11.3. The third-order valence-corrected chi connectivity index (χ3v) is 4.92. The molecule has 2 nitrogen and oxygen atoms in total. The van der Waals surface area contributed by atoms with E-state index >= 15 is 0 Å². The summed E-state index contributed by atoms with van der Waals surface area (Å²) in [6, 6.07) is 20.9. The van der Waals surface area contributed by atoms with E-state index < -0.39 is 0 Å². The van der Waals surface area contributed by atoms with E-state index in [0.29, 0.717) is 0 Å². The van der Waals surface area contributed by atoms with Crippen molar-refractivity contribution in [2.75, 3.05) is 0 Å². The summed E-state index contributed by atoms with van der Waals surface area (Å²) in [5.41, 5.74) is 3.23. The van der Waals surface area contributed by atoms with E-state index in [-0.39, 0.29) is 0 Å². The van der Waals surface area contributed by atoms with Gasteiger partial charge in [-0.1, -0.05) is 48.5 Å². The van der Waals surface area contributed by atoms with Crippen LogP contribution in [-0.2, 0) is 6.54 Å². The Morgan fingerprint density at radius 2 is 1.78 bits per heavy atom. The molecule has 3 heteroatoms. The number of para-hydroxylation sites is 2. The summed E-state index contributed by atoms with van der Waals surface area (Å²) >= 11 is 3.78. The molecule has 4 rings (SSSR count). The summed E-state index contributed by atoms with van der Waals surface area (Å²) in [6.07, 6.45) is 1.91. The summed E-state index contributed by atoms with van der Waals surface area (Å²) in [4.78, 5) is 4.85. The van der Waals surface area contributed by atoms with E-state index in [9.17, 15) is 0 Å². The normalized spacial score (nSPS) is 11.2. The average Bonchev–Trinajstić information content (AvgIpc) is 2.95. The van der Waals surface area contributed by atoms with E-state index in [4.69, 9.17) is 4.98 Å². The Morgan fingerprint density at radius 1 is 1.00 bits per heavy atom. The van der Waals surface area contributed by atoms with Crippen LogP contribution in [0.4, 0.5) is 0 Å². The number of imidazole rings is 1. The number of hydrogen-bond acceptors (Lipinski definition) is 1. The second kappa shape index (κ2) is 5.67. The van der Waals surface area contributed by atoms with Crippen molar-refractivity contribution in [3.8, 4) is 11.4 Å². The number of fused-ring (bicyclic) bond motifs is 2. The van der Waals surface area contributed by atoms with Gasteiger partial charge in [0.25, 0.3) is 0 Å². The highest BCUT2D eigenvalue weighted by Crippen LogP contribution is 2.35. The van der Waals surface area contributed by atoms with Crippen LogP contribution in [0.25, 0.3) is 33.2 Å². The van der Waals surface area contributed by atoms with Gasteiger partial charge in [-0.25, -0.2) is 4.98 Å². The Bertz CT molecular complexity index is 1030. The van der Waals surface area contributed by atoms with Gasteiger partial charge in [-0.2, -0.15) is 0 Å². The first-order valence-corrected chi connectivity index (χ1v) is 8.32. The van der Waals surface area contributed by atoms with E-state index in [1.807, 2.05) is 24.3 Å². The van der Waals surface area contributed by atoms with Crippen molar-refractivity contribution >= 4 is 37.7 Å². The third kappa shape index (κ3) is 2.28. The van der Waals surface area contributed by atoms with Crippen molar-refractivity contribution in [2.24, 2.45) is 0 Å². The van der Waals surface area contributed by atoms with Gasteiger partial charge in [-0.05, 0) is 44.9 Å². The van der Waals surface area contributed by atoms with Crippen molar-refractivity contribution < 1.29 is 0 Å². The van der Waals surface area contributed by atoms with Crippen molar-refractivity contribution in [3.05, 3.63) is 77.8 Å². The van der Waals surface area contributed by atoms with Gasteiger partial charge in [-0.15, -0.1) is 6.58 Å². The number of nitrogens with zero attached hydrogens (tertiary/aromatic N) is 2. The Labute approximate surface area is 143 Å². The first-order valence-electron chi connectivity index (χ1n) is 7.53. The van der Waals surface area contributed by atoms with Gasteiger partial charge in [0.1, 0.15) is 5.82 Å². The Kier molecular flexibility index (Phi) is 3.50. The second-order valence-corrected chi connectivity index (χ2v) is 6.26. The lowest BCUT2D eigenvalue weighted by atomic mass is 10.1. The molecule has 0 aliphatic heterocycles. The molecular formula is C20H15BrN2. The van der Waals surface area contributed by atoms with Crippen LogP contribution in [0.3, 0.4) is 0 Å². The fraction of sp³-hybridized carbons (Fsp3) is 0.0500. The number of rotatable bonds is 3. The largest absolute Gasteiger partial charge is 0.320 e. The fourth-order valence-corrected chi connectivity index (χ4v) is 3.67. The van der Waals surface area contributed by atoms with Gasteiger partial charge in [0, 0.05) is 16.6 Å². The van der Waals surface area contributed by atoms with E-state index in [2.05, 4.69) is 69.5 Å². The van der Waals surface area contributed by atoms with Crippen molar-refractivity contribution in [2.45, 2.75) is 6.54 Å². The third-order valence-electron chi connectivity index (χ3n) is 4.07. The van der Waals surface area contributed by atoms with Gasteiger partial charge in [0.2, 0.25) is 0 Å². The van der Waals surface area contributed by atoms with Crippen LogP contribution in [0.15, 0.2) is 77.8 Å². The summed E-state index contributed by atoms with van der Waals surface area (Å²) in [7, 11) is 0. The zero-order valence-corrected chi connectivity index (χ0v) is 14.1. The lowest BCUT2D eigenvalue weighted by Gasteiger charge is -2.10. The average molecular weight is 363 g/mol. The zero-order valence-electron chi connectivity index (χ0n) is 12.5. The molecule has 0 spiro atoms.